The van der Waals surface area contributed by atoms with Crippen molar-refractivity contribution in [3.8, 4) is 5.75 Å². The summed E-state index contributed by atoms with van der Waals surface area (Å²) < 4.78 is 5.55. The second kappa shape index (κ2) is 10.7. The van der Waals surface area contributed by atoms with E-state index in [1.54, 1.807) is 19.2 Å². The van der Waals surface area contributed by atoms with Gasteiger partial charge in [-0.05, 0) is 71.3 Å². The lowest BCUT2D eigenvalue weighted by molar-refractivity contribution is -0.121. The maximum Gasteiger partial charge on any atom is 0.335 e. The fraction of sp³-hybridized carbons (Fsp3) is 0.310. The maximum atomic E-state index is 12.5. The second-order valence-corrected chi connectivity index (χ2v) is 8.98. The van der Waals surface area contributed by atoms with Gasteiger partial charge in [-0.15, -0.1) is 0 Å². The first-order valence-electron chi connectivity index (χ1n) is 11.7. The summed E-state index contributed by atoms with van der Waals surface area (Å²) in [6.07, 6.45) is 6.37. The van der Waals surface area contributed by atoms with Crippen LogP contribution in [-0.2, 0) is 17.6 Å². The van der Waals surface area contributed by atoms with Gasteiger partial charge in [0.25, 0.3) is 0 Å². The number of hydrogen-bond acceptors (Lipinski definition) is 4. The van der Waals surface area contributed by atoms with Gasteiger partial charge in [-0.3, -0.25) is 4.79 Å². The Morgan fingerprint density at radius 3 is 2.50 bits per heavy atom. The number of aliphatic hydroxyl groups excluding tert-OH is 1. The fourth-order valence-electron chi connectivity index (χ4n) is 4.86. The number of carbonyl (C=O) groups excluding carboxylic acids is 1. The lowest BCUT2D eigenvalue weighted by atomic mass is 9.88. The Kier molecular flexibility index (Phi) is 7.43. The molecule has 0 radical (unpaired) electrons. The zero-order valence-electron chi connectivity index (χ0n) is 19.3. The van der Waals surface area contributed by atoms with E-state index in [9.17, 15) is 14.7 Å². The van der Waals surface area contributed by atoms with E-state index in [4.69, 9.17) is 9.84 Å². The van der Waals surface area contributed by atoms with Crippen molar-refractivity contribution in [1.29, 1.82) is 0 Å². The minimum Gasteiger partial charge on any atom is -0.496 e. The number of fused-ring (bicyclic) bond motifs is 1. The molecule has 0 heterocycles. The minimum atomic E-state index is -0.942. The molecular weight excluding hydrogens is 428 g/mol. The van der Waals surface area contributed by atoms with Crippen LogP contribution in [0.5, 0.6) is 5.75 Å². The van der Waals surface area contributed by atoms with Crippen LogP contribution in [0, 0.1) is 11.8 Å². The Morgan fingerprint density at radius 2 is 1.82 bits per heavy atom. The highest BCUT2D eigenvalue weighted by molar-refractivity contribution is 5.87. The van der Waals surface area contributed by atoms with Crippen LogP contribution in [0.25, 0.3) is 10.8 Å². The number of aromatic carboxylic acids is 1. The van der Waals surface area contributed by atoms with Gasteiger partial charge in [-0.2, -0.15) is 0 Å². The normalized spacial score (nSPS) is 19.1. The van der Waals surface area contributed by atoms with Crippen LogP contribution in [0.1, 0.15) is 40.7 Å². The van der Waals surface area contributed by atoms with Crippen molar-refractivity contribution < 1.29 is 24.5 Å². The molecule has 1 fully saturated rings. The number of ether oxygens (including phenoxy) is 1. The molecule has 0 saturated heterocycles. The van der Waals surface area contributed by atoms with Crippen molar-refractivity contribution in [3.63, 3.8) is 0 Å². The number of aliphatic hydroxyl groups is 1. The van der Waals surface area contributed by atoms with Gasteiger partial charge in [0.15, 0.2) is 0 Å². The van der Waals surface area contributed by atoms with Crippen molar-refractivity contribution >= 4 is 22.5 Å². The molecule has 1 aliphatic rings. The first-order chi connectivity index (χ1) is 16.4. The van der Waals surface area contributed by atoms with E-state index in [1.165, 1.54) is 0 Å². The molecule has 0 aliphatic heterocycles. The number of carbonyl (C=O) groups is 2. The first kappa shape index (κ1) is 23.7. The largest absolute Gasteiger partial charge is 0.496 e. The lowest BCUT2D eigenvalue weighted by Crippen LogP contribution is -2.15. The predicted molar refractivity (Wildman–Crippen MR) is 132 cm³/mol. The number of hydrogen-bond donors (Lipinski definition) is 2. The third-order valence-corrected chi connectivity index (χ3v) is 6.76. The molecule has 3 aromatic rings. The molecule has 0 bridgehead atoms. The summed E-state index contributed by atoms with van der Waals surface area (Å²) in [4.78, 5) is 23.5. The SMILES string of the molecule is COc1cc2ccccc2cc1CC(O)/C=C/C1CCC(=O)C1CCc1ccc(C(=O)O)cc1. The van der Waals surface area contributed by atoms with Crippen LogP contribution in [0.2, 0.25) is 0 Å². The topological polar surface area (TPSA) is 83.8 Å². The van der Waals surface area contributed by atoms with Crippen LogP contribution in [-0.4, -0.2) is 35.2 Å². The van der Waals surface area contributed by atoms with E-state index < -0.39 is 12.1 Å². The number of methoxy groups -OCH3 is 1. The van der Waals surface area contributed by atoms with E-state index in [1.807, 2.05) is 54.6 Å². The molecular formula is C29H30O5. The molecule has 34 heavy (non-hydrogen) atoms. The van der Waals surface area contributed by atoms with Gasteiger partial charge in [0, 0.05) is 18.8 Å². The summed E-state index contributed by atoms with van der Waals surface area (Å²) in [7, 11) is 1.64. The summed E-state index contributed by atoms with van der Waals surface area (Å²) in [5, 5.41) is 22.0. The monoisotopic (exact) mass is 458 g/mol. The number of ketones is 1. The predicted octanol–water partition coefficient (Wildman–Crippen LogP) is 5.23. The van der Waals surface area contributed by atoms with Crippen LogP contribution in [0.15, 0.2) is 72.8 Å². The number of allylic oxidation sites excluding steroid dienone is 1. The van der Waals surface area contributed by atoms with E-state index in [0.29, 0.717) is 12.8 Å². The molecule has 2 N–H and O–H groups in total. The zero-order chi connectivity index (χ0) is 24.1. The molecule has 3 unspecified atom stereocenters. The number of rotatable bonds is 9. The number of carboxylic acids is 1. The summed E-state index contributed by atoms with van der Waals surface area (Å²) in [5.41, 5.74) is 2.23. The highest BCUT2D eigenvalue weighted by Crippen LogP contribution is 2.34. The summed E-state index contributed by atoms with van der Waals surface area (Å²) in [6, 6.07) is 18.9. The summed E-state index contributed by atoms with van der Waals surface area (Å²) in [6.45, 7) is 0. The third kappa shape index (κ3) is 5.54. The molecule has 3 atom stereocenters. The Bertz CT molecular complexity index is 1190. The molecule has 0 amide bonds. The van der Waals surface area contributed by atoms with Gasteiger partial charge in [0.1, 0.15) is 11.5 Å². The molecule has 1 saturated carbocycles. The van der Waals surface area contributed by atoms with Crippen molar-refractivity contribution in [2.75, 3.05) is 7.11 Å². The lowest BCUT2D eigenvalue weighted by Gasteiger charge is -2.16. The number of benzene rings is 3. The van der Waals surface area contributed by atoms with Gasteiger partial charge in [-0.25, -0.2) is 4.79 Å². The summed E-state index contributed by atoms with van der Waals surface area (Å²) in [5.74, 6) is 0.121. The zero-order valence-corrected chi connectivity index (χ0v) is 19.3. The molecule has 5 heteroatoms. The maximum absolute atomic E-state index is 12.5. The Hall–Kier alpha value is -3.44. The van der Waals surface area contributed by atoms with Crippen molar-refractivity contribution in [2.24, 2.45) is 11.8 Å². The molecule has 1 aliphatic carbocycles. The van der Waals surface area contributed by atoms with E-state index in [2.05, 4.69) is 6.07 Å². The number of Topliss-reactive ketones (excluding diaryl/α,β-unsaturated/α-hetero) is 1. The Balaban J connectivity index is 1.39. The molecule has 0 aromatic heterocycles. The Labute approximate surface area is 199 Å². The number of carboxylic acid groups (broad SMARTS) is 1. The van der Waals surface area contributed by atoms with Gasteiger partial charge in [0.2, 0.25) is 0 Å². The van der Waals surface area contributed by atoms with E-state index >= 15 is 0 Å². The molecule has 176 valence electrons. The number of aryl methyl sites for hydroxylation is 1. The van der Waals surface area contributed by atoms with E-state index in [-0.39, 0.29) is 23.2 Å². The standard InChI is InChI=1S/C29H30O5/c1-34-28-18-23-5-3-2-4-22(23)16-24(28)17-25(30)13-11-20-12-15-27(31)26(20)14-8-19-6-9-21(10-7-19)29(32)33/h2-7,9-11,13,16,18,20,25-26,30H,8,12,14-15,17H2,1H3,(H,32,33)/b13-11+. The molecule has 5 nitrogen and oxygen atoms in total. The van der Waals surface area contributed by atoms with Crippen LogP contribution < -0.4 is 4.74 Å². The first-order valence-corrected chi connectivity index (χ1v) is 11.7. The van der Waals surface area contributed by atoms with Gasteiger partial charge >= 0.3 is 5.97 Å². The molecule has 4 rings (SSSR count). The van der Waals surface area contributed by atoms with Gasteiger partial charge in [-0.1, -0.05) is 48.6 Å². The van der Waals surface area contributed by atoms with Gasteiger partial charge < -0.3 is 14.9 Å². The average molecular weight is 459 g/mol. The van der Waals surface area contributed by atoms with Crippen LogP contribution in [0.3, 0.4) is 0 Å². The van der Waals surface area contributed by atoms with Crippen LogP contribution in [0.4, 0.5) is 0 Å². The van der Waals surface area contributed by atoms with Crippen molar-refractivity contribution in [1.82, 2.24) is 0 Å². The Morgan fingerprint density at radius 1 is 1.12 bits per heavy atom. The smallest absolute Gasteiger partial charge is 0.335 e. The highest BCUT2D eigenvalue weighted by Gasteiger charge is 2.32. The van der Waals surface area contributed by atoms with Gasteiger partial charge in [0.05, 0.1) is 18.8 Å². The average Bonchev–Trinajstić information content (AvgIpc) is 3.20. The van der Waals surface area contributed by atoms with E-state index in [0.717, 1.165) is 46.9 Å². The quantitative estimate of drug-likeness (QED) is 0.429. The molecule has 3 aromatic carbocycles. The third-order valence-electron chi connectivity index (χ3n) is 6.76. The molecule has 0 spiro atoms. The van der Waals surface area contributed by atoms with Crippen molar-refractivity contribution in [3.05, 3.63) is 89.5 Å². The van der Waals surface area contributed by atoms with Crippen LogP contribution >= 0.6 is 0 Å². The fourth-order valence-corrected chi connectivity index (χ4v) is 4.86. The summed E-state index contributed by atoms with van der Waals surface area (Å²) >= 11 is 0. The minimum absolute atomic E-state index is 0.0715. The highest BCUT2D eigenvalue weighted by atomic mass is 16.5. The van der Waals surface area contributed by atoms with Crippen molar-refractivity contribution in [2.45, 2.75) is 38.2 Å². The second-order valence-electron chi connectivity index (χ2n) is 8.98.